The third-order valence-electron chi connectivity index (χ3n) is 3.42. The topological polar surface area (TPSA) is 72.0 Å². The Bertz CT molecular complexity index is 913. The number of hydrogen-bond donors (Lipinski definition) is 1. The third kappa shape index (κ3) is 3.08. The van der Waals surface area contributed by atoms with Crippen molar-refractivity contribution in [2.24, 2.45) is 5.16 Å². The van der Waals surface area contributed by atoms with Crippen molar-refractivity contribution < 1.29 is 14.4 Å². The molecule has 0 aliphatic rings. The second-order valence-electron chi connectivity index (χ2n) is 5.05. The first-order chi connectivity index (χ1) is 11.2. The summed E-state index contributed by atoms with van der Waals surface area (Å²) in [5.74, 6) is -0.151. The minimum Gasteiger partial charge on any atom is -0.506 e. The van der Waals surface area contributed by atoms with Gasteiger partial charge >= 0.3 is 5.63 Å². The van der Waals surface area contributed by atoms with Gasteiger partial charge in [-0.15, -0.1) is 0 Å². The van der Waals surface area contributed by atoms with Gasteiger partial charge in [0.2, 0.25) is 0 Å². The van der Waals surface area contributed by atoms with Crippen molar-refractivity contribution in [1.29, 1.82) is 0 Å². The van der Waals surface area contributed by atoms with E-state index < -0.39 is 5.63 Å². The first-order valence-electron chi connectivity index (χ1n) is 7.12. The van der Waals surface area contributed by atoms with Crippen LogP contribution in [0.3, 0.4) is 0 Å². The van der Waals surface area contributed by atoms with Crippen LogP contribution in [0.1, 0.15) is 18.1 Å². The van der Waals surface area contributed by atoms with Gasteiger partial charge in [0.25, 0.3) is 0 Å². The summed E-state index contributed by atoms with van der Waals surface area (Å²) in [5.41, 5.74) is 0.913. The van der Waals surface area contributed by atoms with E-state index in [1.165, 1.54) is 0 Å². The Morgan fingerprint density at radius 2 is 1.83 bits per heavy atom. The Kier molecular flexibility index (Phi) is 4.10. The van der Waals surface area contributed by atoms with Crippen molar-refractivity contribution in [3.05, 3.63) is 76.1 Å². The summed E-state index contributed by atoms with van der Waals surface area (Å²) in [6.07, 6.45) is 0. The molecule has 0 amide bonds. The molecule has 0 bridgehead atoms. The number of oxime groups is 1. The first-order valence-corrected chi connectivity index (χ1v) is 7.12. The second-order valence-corrected chi connectivity index (χ2v) is 5.05. The molecule has 0 saturated heterocycles. The number of para-hydroxylation sites is 1. The van der Waals surface area contributed by atoms with Crippen LogP contribution in [-0.4, -0.2) is 10.8 Å². The summed E-state index contributed by atoms with van der Waals surface area (Å²) in [6.45, 7) is 1.86. The van der Waals surface area contributed by atoms with Crippen molar-refractivity contribution in [3.63, 3.8) is 0 Å². The maximum Gasteiger partial charge on any atom is 0.349 e. The molecule has 2 aromatic carbocycles. The predicted octanol–water partition coefficient (Wildman–Crippen LogP) is 3.44. The van der Waals surface area contributed by atoms with Crippen molar-refractivity contribution in [2.75, 3.05) is 0 Å². The quantitative estimate of drug-likeness (QED) is 0.455. The molecule has 0 unspecified atom stereocenters. The highest BCUT2D eigenvalue weighted by Crippen LogP contribution is 2.26. The molecule has 0 fully saturated rings. The van der Waals surface area contributed by atoms with Crippen LogP contribution in [0.4, 0.5) is 0 Å². The van der Waals surface area contributed by atoms with E-state index in [1.54, 1.807) is 31.2 Å². The first kappa shape index (κ1) is 14.8. The molecule has 5 heteroatoms. The van der Waals surface area contributed by atoms with E-state index in [0.717, 1.165) is 5.56 Å². The Balaban J connectivity index is 1.90. The number of benzene rings is 2. The van der Waals surface area contributed by atoms with E-state index in [-0.39, 0.29) is 23.6 Å². The van der Waals surface area contributed by atoms with E-state index in [0.29, 0.717) is 11.0 Å². The molecule has 116 valence electrons. The Morgan fingerprint density at radius 1 is 1.13 bits per heavy atom. The maximum absolute atomic E-state index is 12.1. The highest BCUT2D eigenvalue weighted by Gasteiger charge is 2.16. The number of aromatic hydroxyl groups is 1. The van der Waals surface area contributed by atoms with E-state index >= 15 is 0 Å². The zero-order chi connectivity index (χ0) is 16.2. The van der Waals surface area contributed by atoms with Gasteiger partial charge in [-0.3, -0.25) is 0 Å². The molecular formula is C18H15NO4. The van der Waals surface area contributed by atoms with Gasteiger partial charge in [0.05, 0.1) is 11.1 Å². The largest absolute Gasteiger partial charge is 0.506 e. The number of hydrogen-bond acceptors (Lipinski definition) is 5. The third-order valence-corrected chi connectivity index (χ3v) is 3.42. The van der Waals surface area contributed by atoms with E-state index in [2.05, 4.69) is 5.16 Å². The highest BCUT2D eigenvalue weighted by molar-refractivity contribution is 6.04. The summed E-state index contributed by atoms with van der Waals surface area (Å²) >= 11 is 0. The SMILES string of the molecule is C/C(=N\OCc1ccccc1)c1c(O)c2ccccc2oc1=O. The molecule has 3 aromatic rings. The average Bonchev–Trinajstić information content (AvgIpc) is 2.56. The summed E-state index contributed by atoms with van der Waals surface area (Å²) in [4.78, 5) is 17.3. The molecule has 0 saturated carbocycles. The van der Waals surface area contributed by atoms with Gasteiger partial charge < -0.3 is 14.4 Å². The summed E-state index contributed by atoms with van der Waals surface area (Å²) in [6, 6.07) is 16.3. The lowest BCUT2D eigenvalue weighted by atomic mass is 10.1. The van der Waals surface area contributed by atoms with Crippen LogP contribution in [0, 0.1) is 0 Å². The molecule has 1 N–H and O–H groups in total. The lowest BCUT2D eigenvalue weighted by Gasteiger charge is -2.06. The molecule has 0 spiro atoms. The number of nitrogens with zero attached hydrogens (tertiary/aromatic N) is 1. The van der Waals surface area contributed by atoms with Gasteiger partial charge in [0, 0.05) is 0 Å². The molecule has 1 heterocycles. The molecule has 0 aliphatic heterocycles. The highest BCUT2D eigenvalue weighted by atomic mass is 16.6. The molecule has 3 rings (SSSR count). The molecule has 1 aromatic heterocycles. The van der Waals surface area contributed by atoms with Gasteiger partial charge in [-0.1, -0.05) is 47.6 Å². The Morgan fingerprint density at radius 3 is 2.61 bits per heavy atom. The average molecular weight is 309 g/mol. The van der Waals surface area contributed by atoms with Crippen molar-refractivity contribution >= 4 is 16.7 Å². The maximum atomic E-state index is 12.1. The number of fused-ring (bicyclic) bond motifs is 1. The van der Waals surface area contributed by atoms with Gasteiger partial charge in [0.1, 0.15) is 23.5 Å². The van der Waals surface area contributed by atoms with Crippen LogP contribution in [-0.2, 0) is 11.4 Å². The zero-order valence-electron chi connectivity index (χ0n) is 12.5. The van der Waals surface area contributed by atoms with E-state index in [9.17, 15) is 9.90 Å². The Labute approximate surface area is 132 Å². The van der Waals surface area contributed by atoms with Gasteiger partial charge in [-0.25, -0.2) is 4.79 Å². The summed E-state index contributed by atoms with van der Waals surface area (Å²) in [7, 11) is 0. The van der Waals surface area contributed by atoms with Gasteiger partial charge in [0.15, 0.2) is 0 Å². The van der Waals surface area contributed by atoms with Crippen LogP contribution in [0.15, 0.2) is 69.0 Å². The monoisotopic (exact) mass is 309 g/mol. The fourth-order valence-electron chi connectivity index (χ4n) is 2.28. The van der Waals surface area contributed by atoms with Crippen LogP contribution >= 0.6 is 0 Å². The minimum absolute atomic E-state index is 0.0109. The van der Waals surface area contributed by atoms with Crippen molar-refractivity contribution in [1.82, 2.24) is 0 Å². The van der Waals surface area contributed by atoms with Crippen molar-refractivity contribution in [2.45, 2.75) is 13.5 Å². The summed E-state index contributed by atoms with van der Waals surface area (Å²) < 4.78 is 5.21. The second kappa shape index (κ2) is 6.36. The molecule has 23 heavy (non-hydrogen) atoms. The smallest absolute Gasteiger partial charge is 0.349 e. The molecule has 0 aliphatic carbocycles. The molecular weight excluding hydrogens is 294 g/mol. The Hall–Kier alpha value is -3.08. The molecule has 5 nitrogen and oxygen atoms in total. The lowest BCUT2D eigenvalue weighted by molar-refractivity contribution is 0.130. The fraction of sp³-hybridized carbons (Fsp3) is 0.111. The fourth-order valence-corrected chi connectivity index (χ4v) is 2.28. The van der Waals surface area contributed by atoms with Crippen LogP contribution in [0.25, 0.3) is 11.0 Å². The van der Waals surface area contributed by atoms with Gasteiger partial charge in [-0.05, 0) is 24.6 Å². The molecule has 0 atom stereocenters. The predicted molar refractivity (Wildman–Crippen MR) is 87.6 cm³/mol. The van der Waals surface area contributed by atoms with Crippen molar-refractivity contribution in [3.8, 4) is 5.75 Å². The van der Waals surface area contributed by atoms with Gasteiger partial charge in [-0.2, -0.15) is 0 Å². The molecule has 0 radical (unpaired) electrons. The zero-order valence-corrected chi connectivity index (χ0v) is 12.5. The lowest BCUT2D eigenvalue weighted by Crippen LogP contribution is -2.13. The van der Waals surface area contributed by atoms with Crippen LogP contribution in [0.5, 0.6) is 5.75 Å². The van der Waals surface area contributed by atoms with Crippen LogP contribution < -0.4 is 5.63 Å². The summed E-state index contributed by atoms with van der Waals surface area (Å²) in [5, 5.41) is 14.7. The van der Waals surface area contributed by atoms with E-state index in [4.69, 9.17) is 9.25 Å². The van der Waals surface area contributed by atoms with E-state index in [1.807, 2.05) is 30.3 Å². The normalized spacial score (nSPS) is 11.6. The standard InChI is InChI=1S/C18H15NO4/c1-12(19-22-11-13-7-3-2-4-8-13)16-17(20)14-9-5-6-10-15(14)23-18(16)21/h2-10,20H,11H2,1H3/b19-12+. The number of rotatable bonds is 4. The minimum atomic E-state index is -0.647. The van der Waals surface area contributed by atoms with Crippen LogP contribution in [0.2, 0.25) is 0 Å².